The van der Waals surface area contributed by atoms with Crippen molar-refractivity contribution in [2.45, 2.75) is 172 Å². The second-order valence-corrected chi connectivity index (χ2v) is 41.8. The van der Waals surface area contributed by atoms with E-state index in [1.807, 2.05) is 33.7 Å². The summed E-state index contributed by atoms with van der Waals surface area (Å²) in [5, 5.41) is 36.5. The molecule has 0 aromatic carbocycles. The number of hydrogen-bond donors (Lipinski definition) is 2. The normalized spacial score (nSPS) is 14.3. The van der Waals surface area contributed by atoms with E-state index < -0.39 is 0 Å². The Kier molecular flexibility index (Phi) is 115. The molecule has 0 aliphatic carbocycles. The van der Waals surface area contributed by atoms with Gasteiger partial charge in [0.25, 0.3) is 0 Å². The van der Waals surface area contributed by atoms with E-state index in [4.69, 9.17) is 46.2 Å². The third kappa shape index (κ3) is 74.1. The first-order valence-electron chi connectivity index (χ1n) is 35.7. The summed E-state index contributed by atoms with van der Waals surface area (Å²) >= 11 is 13.0. The predicted octanol–water partition coefficient (Wildman–Crippen LogP) is 14.5. The van der Waals surface area contributed by atoms with Crippen LogP contribution in [0.5, 0.6) is 0 Å². The van der Waals surface area contributed by atoms with Crippen LogP contribution in [0.2, 0.25) is 0 Å². The molecule has 3 aliphatic rings. The number of rotatable bonds is 44. The predicted molar refractivity (Wildman–Crippen MR) is 474 cm³/mol. The van der Waals surface area contributed by atoms with E-state index in [9.17, 15) is 28.8 Å². The largest absolute Gasteiger partial charge is 0.330 e. The number of aromatic nitrogens is 6. The van der Waals surface area contributed by atoms with Crippen molar-refractivity contribution in [1.82, 2.24) is 59.8 Å². The van der Waals surface area contributed by atoms with E-state index in [1.54, 1.807) is 33.7 Å². The molecule has 3 aliphatic heterocycles. The van der Waals surface area contributed by atoms with E-state index in [-0.39, 0.29) is 154 Å². The average Bonchev–Trinajstić information content (AvgIpc) is 1.72. The number of Topliss-reactive ketones (excluding diaryl/α,β-unsaturated/α-hetero) is 1. The van der Waals surface area contributed by atoms with Gasteiger partial charge in [0.2, 0.25) is 29.5 Å². The molecule has 653 valence electrons. The van der Waals surface area contributed by atoms with E-state index >= 15 is 0 Å². The van der Waals surface area contributed by atoms with Crippen LogP contribution in [0.1, 0.15) is 141 Å². The summed E-state index contributed by atoms with van der Waals surface area (Å²) in [6.45, 7) is 19.1. The van der Waals surface area contributed by atoms with Gasteiger partial charge in [0, 0.05) is 236 Å². The Morgan fingerprint density at radius 1 is 0.557 bits per heavy atom. The van der Waals surface area contributed by atoms with E-state index in [1.165, 1.54) is 6.16 Å². The topological polar surface area (TPSA) is 462 Å². The number of amides is 5. The fourth-order valence-electron chi connectivity index (χ4n) is 10.4. The number of hydrogen-bond acceptors (Lipinski definition) is 17. The minimum Gasteiger partial charge on any atom is -0.330 e. The molecule has 53 heteroatoms. The van der Waals surface area contributed by atoms with Gasteiger partial charge in [-0.3, -0.25) is 38.1 Å². The summed E-state index contributed by atoms with van der Waals surface area (Å²) in [5.74, 6) is 0.360. The van der Waals surface area contributed by atoms with Crippen molar-refractivity contribution in [3.05, 3.63) is 64.6 Å². The Morgan fingerprint density at radius 2 is 0.896 bits per heavy atom. The molecule has 2 aromatic rings. The molecule has 0 saturated carbocycles. The van der Waals surface area contributed by atoms with Crippen LogP contribution < -0.4 is 21.9 Å². The summed E-state index contributed by atoms with van der Waals surface area (Å²) in [6.07, 6.45) is 31.5. The minimum absolute atomic E-state index is 0. The number of likely N-dealkylation sites (N-methyl/N-ethyl adjacent to an activating group) is 2. The second kappa shape index (κ2) is 99.5. The Bertz CT molecular complexity index is 3120. The third-order valence-electron chi connectivity index (χ3n) is 15.5. The maximum Gasteiger partial charge on any atom is 0.0269 e. The molecule has 115 heavy (non-hydrogen) atoms. The first-order valence-corrected chi connectivity index (χ1v) is 58.0. The molecule has 3 saturated heterocycles. The maximum absolute atomic E-state index is 12.7. The summed E-state index contributed by atoms with van der Waals surface area (Å²) in [5.41, 5.74) is 52.6. The standard InChI is InChI=1S/C18H34N4O2P4.C17H30N8O2P2.C14H24N8O2.C4H10N4.C3H8N4.2C3H6P2.2BrH.2Cu.5V/c1-26-27-17-14-21(20-19-17)11-5-3-10-18(24)22-12-7-8-15(22)16(23)9-4-6-13-28(2)25;1-23(10-6-9-19-21-18)17(27)14-7-5-12-25(14)16(26)8-3-4-11-24-13-15(20-22-24)29-28-2;1-21(10-5-9-18-20-16)14(24)12-6-4-11-22(12)13(23)7-2-3-8-17-19-15;1-6-3-2-4-7-8-5;4-2-1-3-6-7-5;2*1-3-5-4-2;;;;;;;;;/h14-15,26-27H,3-13,25H2,1-2H3;13-14,28-29H,3-12H2,1-2H3;12H,2-11H2,1H3;6H,2-4H2,1H3;1-4H2;2*1,4-5H,2H3;2*1H;;;;;;;/q;;;;;;;;;2*+1;;;;;/p-2. The Balaban J connectivity index is -0.000000175. The zero-order valence-corrected chi connectivity index (χ0v) is 89.1. The molecule has 3 fully saturated rings. The van der Waals surface area contributed by atoms with Gasteiger partial charge in [0.15, 0.2) is 5.78 Å². The average molecular weight is 2200 g/mol. The van der Waals surface area contributed by atoms with Gasteiger partial charge in [0.1, 0.15) is 23.0 Å². The van der Waals surface area contributed by atoms with Crippen molar-refractivity contribution in [1.29, 1.82) is 0 Å². The van der Waals surface area contributed by atoms with Gasteiger partial charge in [-0.2, -0.15) is 0 Å². The molecule has 5 amide bonds. The minimum atomic E-state index is -0.390. The maximum atomic E-state index is 12.7. The number of likely N-dealkylation sites (tertiary alicyclic amines) is 3. The van der Waals surface area contributed by atoms with Crippen molar-refractivity contribution in [2.24, 2.45) is 31.3 Å². The van der Waals surface area contributed by atoms with E-state index in [0.717, 1.165) is 180 Å². The second-order valence-electron chi connectivity index (χ2n) is 23.6. The van der Waals surface area contributed by atoms with Gasteiger partial charge in [-0.05, 0) is 236 Å². The number of azide groups is 5. The van der Waals surface area contributed by atoms with E-state index in [2.05, 4.69) is 186 Å². The smallest absolute Gasteiger partial charge is 0.0269 e. The first kappa shape index (κ1) is 133. The van der Waals surface area contributed by atoms with Crippen LogP contribution in [0, 0.1) is 24.2 Å². The van der Waals surface area contributed by atoms with Crippen LogP contribution in [0.3, 0.4) is 0 Å². The summed E-state index contributed by atoms with van der Waals surface area (Å²) in [6, 6.07) is -0.916. The van der Waals surface area contributed by atoms with E-state index in [0.29, 0.717) is 130 Å². The molecule has 0 bridgehead atoms. The van der Waals surface area contributed by atoms with Crippen LogP contribution >= 0.6 is 111 Å². The van der Waals surface area contributed by atoms with Crippen LogP contribution in [0.25, 0.3) is 52.2 Å². The van der Waals surface area contributed by atoms with Crippen LogP contribution in [0.15, 0.2) is 38.0 Å². The Labute approximate surface area is 790 Å². The molecular weight excluding hydrogens is 2080 g/mol. The van der Waals surface area contributed by atoms with Crippen molar-refractivity contribution in [3.8, 4) is 24.2 Å². The number of carbonyl (C=O) groups excluding carboxylic acids is 6. The number of nitrogens with zero attached hydrogens (tertiary/aromatic N) is 26. The fraction of sp³-hybridized carbons (Fsp3) is 0.774. The molecule has 13 unspecified atom stereocenters. The molecule has 5 radical (unpaired) electrons. The van der Waals surface area contributed by atoms with Gasteiger partial charge in [-0.25, -0.2) is 0 Å². The van der Waals surface area contributed by atoms with Gasteiger partial charge < -0.3 is 35.6 Å². The summed E-state index contributed by atoms with van der Waals surface area (Å²) < 4.78 is 3.73. The number of ketones is 1. The molecule has 13 atom stereocenters. The third-order valence-corrected chi connectivity index (χ3v) is 25.0. The summed E-state index contributed by atoms with van der Waals surface area (Å²) in [7, 11) is 14.8. The van der Waals surface area contributed by atoms with Gasteiger partial charge >= 0.3 is 56.6 Å². The van der Waals surface area contributed by atoms with Crippen molar-refractivity contribution < 1.29 is 150 Å². The van der Waals surface area contributed by atoms with Gasteiger partial charge in [-0.1, -0.05) is 88.0 Å². The van der Waals surface area contributed by atoms with Crippen molar-refractivity contribution in [2.75, 3.05) is 139 Å². The quantitative estimate of drug-likeness (QED) is 0.0119. The van der Waals surface area contributed by atoms with Gasteiger partial charge in [-0.15, -0.1) is 32.0 Å². The molecular formula is C62H118Br2Cu2N28O6P10V5. The van der Waals surface area contributed by atoms with Crippen LogP contribution in [0.4, 0.5) is 0 Å². The fourth-order valence-corrected chi connectivity index (χ4v) is 16.2. The Morgan fingerprint density at radius 3 is 1.23 bits per heavy atom. The first-order chi connectivity index (χ1) is 53.3. The monoisotopic (exact) mass is 2200 g/mol. The number of unbranched alkanes of at least 4 members (excludes halogenated alkanes) is 4. The van der Waals surface area contributed by atoms with Crippen molar-refractivity contribution in [3.63, 3.8) is 0 Å². The Hall–Kier alpha value is 0.111. The molecule has 2 aromatic heterocycles. The molecule has 3 N–H and O–H groups in total. The molecule has 34 nitrogen and oxygen atoms in total. The number of nitrogens with two attached hydrogens (primary N) is 1. The molecule has 0 spiro atoms. The number of nitrogens with one attached hydrogen (secondary N) is 1. The van der Waals surface area contributed by atoms with Crippen molar-refractivity contribution >= 4 is 157 Å². The van der Waals surface area contributed by atoms with Crippen LogP contribution in [-0.4, -0.2) is 247 Å². The van der Waals surface area contributed by atoms with Crippen LogP contribution in [-0.2, 0) is 163 Å². The zero-order valence-electron chi connectivity index (χ0n) is 67.0. The zero-order chi connectivity index (χ0) is 83.2. The SMILES string of the molecule is C#CPPC.C#CPPC.CN(CCCN=[N+]=[N-])C(=O)C1CCCN1C(=O)CCCCN=[N+]=[N-].CNCCCN=[N+]=[N-].CPPc1cn(CCCCC(=O)N2CCCC2C(=O)CCCCP(C)P)nn1.CPPc1cn(CCCCC(=O)N2CCCC2C(=O)N(C)CCCN=[N+]=[N-])nn1.[Cu][Br].[Cu][Br].[N-]=[N+]=NCCCN.[V].[V].[V].[V].[V]. The number of carbonyl (C=O) groups is 6. The number of halogens is 2. The molecule has 5 heterocycles. The number of terminal acetylenes is 2. The number of aryl methyl sites for hydroxylation is 2. The molecule has 5 rings (SSSR count). The van der Waals surface area contributed by atoms with Gasteiger partial charge in [0.05, 0.1) is 18.4 Å². The summed E-state index contributed by atoms with van der Waals surface area (Å²) in [4.78, 5) is 97.1.